The molecule has 0 fully saturated rings. The number of benzene rings is 3. The molecule has 0 aliphatic heterocycles. The Bertz CT molecular complexity index is 1770. The van der Waals surface area contributed by atoms with Gasteiger partial charge in [-0.2, -0.15) is 5.26 Å². The zero-order valence-electron chi connectivity index (χ0n) is 33.1. The molecule has 0 saturated carbocycles. The molecule has 4 aromatic rings. The summed E-state index contributed by atoms with van der Waals surface area (Å²) in [4.78, 5) is 20.2. The molecule has 3 aromatic carbocycles. The van der Waals surface area contributed by atoms with Crippen LogP contribution in [0.4, 0.5) is 5.82 Å². The minimum Gasteiger partial charge on any atom is -0.497 e. The lowest BCUT2D eigenvalue weighted by Crippen LogP contribution is -2.35. The lowest BCUT2D eigenvalue weighted by molar-refractivity contribution is -0.0363. The van der Waals surface area contributed by atoms with E-state index in [1.165, 1.54) is 0 Å². The van der Waals surface area contributed by atoms with Crippen LogP contribution in [0.5, 0.6) is 11.5 Å². The predicted molar refractivity (Wildman–Crippen MR) is 219 cm³/mol. The molecule has 292 valence electrons. The van der Waals surface area contributed by atoms with Crippen molar-refractivity contribution in [2.24, 2.45) is 4.99 Å². The minimum absolute atomic E-state index is 0.0536. The maximum absolute atomic E-state index is 11.0. The number of hydrogen-bond donors (Lipinski definition) is 2. The third-order valence-corrected chi connectivity index (χ3v) is 9.81. The standard InChI is InChI=1S/C34H35N3O4.C9H19N2O2P/c1-37(2)25-36-33-22-13-26(23-35-33)9-8-12-30(38)24-41-34(27-10-6-5-7-11-27,28-14-18-31(39-3)19-15-28)29-16-20-32(40-4)21-17-29;1-8(2)11(9(3)4)14(12)13-7-5-6-10/h5-7,10-11,13-23,25,30,38H,12,24H2,1-4H3;8-9,12H,5,7H2,1-4H3/b36-25-;/t30-;/m0./s1. The van der Waals surface area contributed by atoms with Crippen molar-refractivity contribution < 1.29 is 28.7 Å². The second-order valence-electron chi connectivity index (χ2n) is 13.1. The van der Waals surface area contributed by atoms with E-state index in [9.17, 15) is 10.00 Å². The molecule has 55 heavy (non-hydrogen) atoms. The molecule has 4 rings (SSSR count). The summed E-state index contributed by atoms with van der Waals surface area (Å²) in [7, 11) is 5.52. The second kappa shape index (κ2) is 23.2. The molecule has 12 heteroatoms. The van der Waals surface area contributed by atoms with E-state index in [4.69, 9.17) is 24.0 Å². The van der Waals surface area contributed by atoms with Gasteiger partial charge in [0.05, 0.1) is 52.4 Å². The summed E-state index contributed by atoms with van der Waals surface area (Å²) in [6, 6.07) is 31.7. The van der Waals surface area contributed by atoms with Crippen LogP contribution in [-0.2, 0) is 14.9 Å². The Morgan fingerprint density at radius 1 is 0.855 bits per heavy atom. The van der Waals surface area contributed by atoms with Crippen molar-refractivity contribution in [2.45, 2.75) is 64.3 Å². The molecule has 0 aliphatic rings. The fraction of sp³-hybridized carbons (Fsp3) is 0.372. The van der Waals surface area contributed by atoms with E-state index < -0.39 is 20.2 Å². The largest absolute Gasteiger partial charge is 0.497 e. The van der Waals surface area contributed by atoms with Gasteiger partial charge in [0.1, 0.15) is 17.1 Å². The molecular formula is C43H54N5O6P. The zero-order chi connectivity index (χ0) is 40.2. The van der Waals surface area contributed by atoms with E-state index in [0.29, 0.717) is 18.8 Å². The van der Waals surface area contributed by atoms with Gasteiger partial charge in [0.25, 0.3) is 8.53 Å². The first-order valence-electron chi connectivity index (χ1n) is 18.0. The molecule has 11 nitrogen and oxygen atoms in total. The Balaban J connectivity index is 0.000000493. The average molecular weight is 768 g/mol. The predicted octanol–water partition coefficient (Wildman–Crippen LogP) is 7.69. The van der Waals surface area contributed by atoms with Crippen molar-refractivity contribution in [1.82, 2.24) is 14.6 Å². The first kappa shape index (κ1) is 44.6. The van der Waals surface area contributed by atoms with E-state index in [0.717, 1.165) is 33.8 Å². The third-order valence-electron chi connectivity index (χ3n) is 8.08. The van der Waals surface area contributed by atoms with Crippen molar-refractivity contribution >= 4 is 20.7 Å². The monoisotopic (exact) mass is 767 g/mol. The molecular weight excluding hydrogens is 713 g/mol. The third kappa shape index (κ3) is 13.8. The normalized spacial score (nSPS) is 12.4. The van der Waals surface area contributed by atoms with Crippen molar-refractivity contribution in [3.8, 4) is 29.4 Å². The first-order chi connectivity index (χ1) is 26.4. The van der Waals surface area contributed by atoms with Gasteiger partial charge in [0.15, 0.2) is 5.82 Å². The van der Waals surface area contributed by atoms with E-state index >= 15 is 0 Å². The quantitative estimate of drug-likeness (QED) is 0.0275. The van der Waals surface area contributed by atoms with Crippen molar-refractivity contribution in [3.63, 3.8) is 0 Å². The number of aromatic nitrogens is 1. The Hall–Kier alpha value is -4.84. The Labute approximate surface area is 328 Å². The molecule has 0 spiro atoms. The Morgan fingerprint density at radius 2 is 1.42 bits per heavy atom. The van der Waals surface area contributed by atoms with Crippen LogP contribution in [0.25, 0.3) is 0 Å². The highest BCUT2D eigenvalue weighted by molar-refractivity contribution is 7.43. The van der Waals surface area contributed by atoms with Crippen LogP contribution in [0.1, 0.15) is 62.8 Å². The van der Waals surface area contributed by atoms with Crippen LogP contribution in [0.2, 0.25) is 0 Å². The molecule has 1 heterocycles. The Morgan fingerprint density at radius 3 is 1.89 bits per heavy atom. The van der Waals surface area contributed by atoms with Gasteiger partial charge in [-0.1, -0.05) is 66.4 Å². The van der Waals surface area contributed by atoms with Gasteiger partial charge >= 0.3 is 0 Å². The number of nitriles is 1. The smallest absolute Gasteiger partial charge is 0.256 e. The fourth-order valence-electron chi connectivity index (χ4n) is 5.57. The molecule has 2 atom stereocenters. The van der Waals surface area contributed by atoms with E-state index in [1.807, 2.05) is 148 Å². The highest BCUT2D eigenvalue weighted by Crippen LogP contribution is 2.42. The molecule has 0 aliphatic carbocycles. The molecule has 1 aromatic heterocycles. The van der Waals surface area contributed by atoms with Crippen LogP contribution >= 0.6 is 8.53 Å². The highest BCUT2D eigenvalue weighted by Gasteiger charge is 2.38. The lowest BCUT2D eigenvalue weighted by atomic mass is 9.80. The van der Waals surface area contributed by atoms with Crippen LogP contribution in [0.15, 0.2) is 102 Å². The molecule has 0 radical (unpaired) electrons. The molecule has 0 bridgehead atoms. The highest BCUT2D eigenvalue weighted by atomic mass is 31.2. The Kier molecular flexibility index (Phi) is 18.8. The number of nitrogens with zero attached hydrogens (tertiary/aromatic N) is 5. The van der Waals surface area contributed by atoms with Gasteiger partial charge in [-0.25, -0.2) is 14.6 Å². The van der Waals surface area contributed by atoms with E-state index in [1.54, 1.807) is 26.8 Å². The van der Waals surface area contributed by atoms with E-state index in [-0.39, 0.29) is 25.1 Å². The van der Waals surface area contributed by atoms with E-state index in [2.05, 4.69) is 21.8 Å². The molecule has 2 N–H and O–H groups in total. The maximum Gasteiger partial charge on any atom is 0.256 e. The number of aliphatic hydroxyl groups excluding tert-OH is 1. The van der Waals surface area contributed by atoms with Crippen LogP contribution in [-0.4, -0.2) is 90.6 Å². The summed E-state index contributed by atoms with van der Waals surface area (Å²) in [5, 5.41) is 19.3. The van der Waals surface area contributed by atoms with Gasteiger partial charge in [-0.05, 0) is 80.8 Å². The molecule has 1 unspecified atom stereocenters. The number of hydrogen-bond acceptors (Lipinski definition) is 10. The lowest BCUT2D eigenvalue weighted by Gasteiger charge is -2.36. The second-order valence-corrected chi connectivity index (χ2v) is 14.4. The summed E-state index contributed by atoms with van der Waals surface area (Å²) in [6.45, 7) is 8.41. The summed E-state index contributed by atoms with van der Waals surface area (Å²) in [6.07, 6.45) is 3.10. The van der Waals surface area contributed by atoms with Crippen molar-refractivity contribution in [3.05, 3.63) is 119 Å². The number of rotatable bonds is 17. The van der Waals surface area contributed by atoms with Crippen molar-refractivity contribution in [1.29, 1.82) is 5.26 Å². The molecule has 0 saturated heterocycles. The van der Waals surface area contributed by atoms with Crippen LogP contribution < -0.4 is 9.47 Å². The summed E-state index contributed by atoms with van der Waals surface area (Å²) in [5.41, 5.74) is 2.47. The minimum atomic E-state index is -1.55. The zero-order valence-corrected chi connectivity index (χ0v) is 34.0. The fourth-order valence-corrected chi connectivity index (χ4v) is 6.75. The topological polar surface area (TPSA) is 133 Å². The number of aliphatic hydroxyl groups is 1. The maximum atomic E-state index is 11.0. The van der Waals surface area contributed by atoms with Crippen LogP contribution in [0, 0.1) is 23.2 Å². The average Bonchev–Trinajstić information content (AvgIpc) is 3.18. The summed E-state index contributed by atoms with van der Waals surface area (Å²) in [5.74, 6) is 8.21. The van der Waals surface area contributed by atoms with Gasteiger partial charge in [0, 0.05) is 44.4 Å². The SMILES string of the molecule is CC(C)N(C(C)C)P(O)OCCC#N.COc1ccc(C(OC[C@@H](O)CC#Cc2ccc(/N=C\N(C)C)nc2)(c2ccccc2)c2ccc(OC)cc2)cc1. The van der Waals surface area contributed by atoms with Crippen molar-refractivity contribution in [2.75, 3.05) is 41.5 Å². The molecule has 0 amide bonds. The van der Waals surface area contributed by atoms with Gasteiger partial charge in [-0.3, -0.25) is 0 Å². The number of aliphatic imine (C=N–C) groups is 1. The van der Waals surface area contributed by atoms with Gasteiger partial charge in [0.2, 0.25) is 0 Å². The van der Waals surface area contributed by atoms with Gasteiger partial charge in [-0.15, -0.1) is 0 Å². The number of methoxy groups -OCH3 is 2. The van der Waals surface area contributed by atoms with Gasteiger partial charge < -0.3 is 33.6 Å². The number of ether oxygens (including phenoxy) is 3. The number of pyridine rings is 1. The van der Waals surface area contributed by atoms with Crippen LogP contribution in [0.3, 0.4) is 0 Å². The summed E-state index contributed by atoms with van der Waals surface area (Å²) >= 11 is 0. The summed E-state index contributed by atoms with van der Waals surface area (Å²) < 4.78 is 24.6. The first-order valence-corrected chi connectivity index (χ1v) is 19.2.